The van der Waals surface area contributed by atoms with E-state index in [0.717, 1.165) is 40.8 Å². The van der Waals surface area contributed by atoms with Crippen molar-refractivity contribution in [3.63, 3.8) is 0 Å². The molecule has 8 heteroatoms. The van der Waals surface area contributed by atoms with Crippen molar-refractivity contribution in [1.82, 2.24) is 19.4 Å². The first-order valence-electron chi connectivity index (χ1n) is 9.25. The summed E-state index contributed by atoms with van der Waals surface area (Å²) in [7, 11) is 3.07. The van der Waals surface area contributed by atoms with Gasteiger partial charge in [-0.1, -0.05) is 0 Å². The lowest BCUT2D eigenvalue weighted by Crippen LogP contribution is -2.38. The zero-order valence-corrected chi connectivity index (χ0v) is 16.3. The maximum Gasteiger partial charge on any atom is 0.332 e. The molecule has 1 aliphatic rings. The SMILES string of the molecule is Cc1nc2c(c(C)c1CCC(=O)NC[C@H]1CCCO1)c(=O)n(C)c(=O)n2C. The molecular formula is C19H26N4O4. The average molecular weight is 374 g/mol. The van der Waals surface area contributed by atoms with Crippen LogP contribution >= 0.6 is 0 Å². The minimum Gasteiger partial charge on any atom is -0.376 e. The smallest absolute Gasteiger partial charge is 0.332 e. The van der Waals surface area contributed by atoms with Crippen molar-refractivity contribution in [2.24, 2.45) is 14.1 Å². The molecule has 0 spiro atoms. The van der Waals surface area contributed by atoms with Gasteiger partial charge in [0.2, 0.25) is 5.91 Å². The first kappa shape index (κ1) is 19.3. The maximum atomic E-state index is 12.6. The van der Waals surface area contributed by atoms with Crippen molar-refractivity contribution < 1.29 is 9.53 Å². The molecule has 2 aromatic rings. The van der Waals surface area contributed by atoms with Crippen LogP contribution in [0.1, 0.15) is 36.1 Å². The van der Waals surface area contributed by atoms with Crippen LogP contribution in [-0.4, -0.2) is 39.3 Å². The fraction of sp³-hybridized carbons (Fsp3) is 0.579. The quantitative estimate of drug-likeness (QED) is 0.821. The molecule has 3 rings (SSSR count). The number of carbonyl (C=O) groups excluding carboxylic acids is 1. The third kappa shape index (κ3) is 3.66. The molecule has 146 valence electrons. The van der Waals surface area contributed by atoms with Gasteiger partial charge in [-0.15, -0.1) is 0 Å². The summed E-state index contributed by atoms with van der Waals surface area (Å²) in [6.07, 6.45) is 2.94. The summed E-state index contributed by atoms with van der Waals surface area (Å²) >= 11 is 0. The van der Waals surface area contributed by atoms with E-state index in [1.54, 1.807) is 7.05 Å². The van der Waals surface area contributed by atoms with E-state index in [9.17, 15) is 14.4 Å². The third-order valence-corrected chi connectivity index (χ3v) is 5.32. The van der Waals surface area contributed by atoms with Gasteiger partial charge in [0, 0.05) is 39.4 Å². The number of fused-ring (bicyclic) bond motifs is 1. The van der Waals surface area contributed by atoms with E-state index < -0.39 is 5.69 Å². The van der Waals surface area contributed by atoms with Crippen LogP contribution in [0.2, 0.25) is 0 Å². The van der Waals surface area contributed by atoms with Crippen molar-refractivity contribution >= 4 is 16.9 Å². The summed E-state index contributed by atoms with van der Waals surface area (Å²) in [5, 5.41) is 3.34. The van der Waals surface area contributed by atoms with E-state index in [2.05, 4.69) is 10.3 Å². The molecule has 3 heterocycles. The number of amides is 1. The third-order valence-electron chi connectivity index (χ3n) is 5.32. The Kier molecular flexibility index (Phi) is 5.46. The first-order chi connectivity index (χ1) is 12.8. The van der Waals surface area contributed by atoms with E-state index in [-0.39, 0.29) is 17.6 Å². The molecule has 0 saturated carbocycles. The fourth-order valence-corrected chi connectivity index (χ4v) is 3.67. The second kappa shape index (κ2) is 7.64. The van der Waals surface area contributed by atoms with Crippen LogP contribution in [0, 0.1) is 13.8 Å². The molecule has 0 unspecified atom stereocenters. The topological polar surface area (TPSA) is 95.2 Å². The van der Waals surface area contributed by atoms with E-state index in [0.29, 0.717) is 30.4 Å². The number of hydrogen-bond acceptors (Lipinski definition) is 5. The van der Waals surface area contributed by atoms with Crippen LogP contribution < -0.4 is 16.6 Å². The van der Waals surface area contributed by atoms with Crippen LogP contribution in [0.25, 0.3) is 11.0 Å². The fourth-order valence-electron chi connectivity index (χ4n) is 3.67. The second-order valence-corrected chi connectivity index (χ2v) is 7.14. The van der Waals surface area contributed by atoms with E-state index >= 15 is 0 Å². The Bertz CT molecular complexity index is 1000. The van der Waals surface area contributed by atoms with Gasteiger partial charge >= 0.3 is 5.69 Å². The molecule has 0 aromatic carbocycles. The summed E-state index contributed by atoms with van der Waals surface area (Å²) in [6, 6.07) is 0. The molecule has 0 aliphatic carbocycles. The predicted molar refractivity (Wildman–Crippen MR) is 102 cm³/mol. The largest absolute Gasteiger partial charge is 0.376 e. The van der Waals surface area contributed by atoms with E-state index in [1.807, 2.05) is 13.8 Å². The predicted octanol–water partition coefficient (Wildman–Crippen LogP) is 0.477. The number of carbonyl (C=O) groups is 1. The van der Waals surface area contributed by atoms with Gasteiger partial charge in [-0.05, 0) is 44.2 Å². The van der Waals surface area contributed by atoms with Crippen LogP contribution in [0.15, 0.2) is 9.59 Å². The summed E-state index contributed by atoms with van der Waals surface area (Å²) in [5.41, 5.74) is 2.01. The Labute approximate surface area is 157 Å². The molecule has 8 nitrogen and oxygen atoms in total. The Morgan fingerprint density at radius 3 is 2.67 bits per heavy atom. The number of aryl methyl sites for hydroxylation is 3. The van der Waals surface area contributed by atoms with Gasteiger partial charge in [0.15, 0.2) is 0 Å². The van der Waals surface area contributed by atoms with Gasteiger partial charge in [-0.2, -0.15) is 0 Å². The Morgan fingerprint density at radius 2 is 2.00 bits per heavy atom. The van der Waals surface area contributed by atoms with Crippen LogP contribution in [0.4, 0.5) is 0 Å². The first-order valence-corrected chi connectivity index (χ1v) is 9.25. The number of ether oxygens (including phenoxy) is 1. The number of nitrogens with one attached hydrogen (secondary N) is 1. The van der Waals surface area contributed by atoms with Gasteiger partial charge < -0.3 is 10.1 Å². The molecule has 0 radical (unpaired) electrons. The minimum absolute atomic E-state index is 0.0437. The number of hydrogen-bond donors (Lipinski definition) is 1. The van der Waals surface area contributed by atoms with E-state index in [4.69, 9.17) is 4.74 Å². The summed E-state index contributed by atoms with van der Waals surface area (Å²) in [5.74, 6) is -0.0437. The van der Waals surface area contributed by atoms with Gasteiger partial charge in [0.1, 0.15) is 5.65 Å². The molecule has 1 atom stereocenters. The van der Waals surface area contributed by atoms with E-state index in [1.165, 1.54) is 11.6 Å². The molecule has 1 aliphatic heterocycles. The van der Waals surface area contributed by atoms with Crippen molar-refractivity contribution in [2.45, 2.75) is 45.6 Å². The lowest BCUT2D eigenvalue weighted by atomic mass is 10.00. The molecule has 1 amide bonds. The highest BCUT2D eigenvalue weighted by atomic mass is 16.5. The summed E-state index contributed by atoms with van der Waals surface area (Å²) in [4.78, 5) is 41.4. The average Bonchev–Trinajstić information content (AvgIpc) is 3.16. The zero-order valence-electron chi connectivity index (χ0n) is 16.3. The number of rotatable bonds is 5. The minimum atomic E-state index is -0.403. The maximum absolute atomic E-state index is 12.6. The van der Waals surface area contributed by atoms with Crippen molar-refractivity contribution in [2.75, 3.05) is 13.2 Å². The van der Waals surface area contributed by atoms with Crippen molar-refractivity contribution in [1.29, 1.82) is 0 Å². The molecule has 1 N–H and O–H groups in total. The second-order valence-electron chi connectivity index (χ2n) is 7.14. The molecule has 2 aromatic heterocycles. The zero-order chi connectivity index (χ0) is 19.7. The lowest BCUT2D eigenvalue weighted by molar-refractivity contribution is -0.121. The van der Waals surface area contributed by atoms with Crippen molar-refractivity contribution in [3.05, 3.63) is 37.7 Å². The Balaban J connectivity index is 1.83. The highest BCUT2D eigenvalue weighted by Gasteiger charge is 2.19. The number of nitrogens with zero attached hydrogens (tertiary/aromatic N) is 3. The lowest BCUT2D eigenvalue weighted by Gasteiger charge is -2.15. The molecule has 1 fully saturated rings. The normalized spacial score (nSPS) is 16.8. The van der Waals surface area contributed by atoms with Gasteiger partial charge in [-0.3, -0.25) is 18.7 Å². The number of pyridine rings is 1. The van der Waals surface area contributed by atoms with Gasteiger partial charge in [0.25, 0.3) is 5.56 Å². The van der Waals surface area contributed by atoms with Gasteiger partial charge in [0.05, 0.1) is 11.5 Å². The number of aromatic nitrogens is 3. The van der Waals surface area contributed by atoms with Gasteiger partial charge in [-0.25, -0.2) is 9.78 Å². The highest BCUT2D eigenvalue weighted by molar-refractivity contribution is 5.80. The highest BCUT2D eigenvalue weighted by Crippen LogP contribution is 2.20. The molecule has 0 bridgehead atoms. The summed E-state index contributed by atoms with van der Waals surface area (Å²) in [6.45, 7) is 4.99. The molecular weight excluding hydrogens is 348 g/mol. The standard InChI is InChI=1S/C19H26N4O4/c1-11-14(7-8-15(24)20-10-13-6-5-9-27-13)12(2)21-17-16(11)18(25)23(4)19(26)22(17)3/h13H,5-10H2,1-4H3,(H,20,24)/t13-/m1/s1. The molecule has 27 heavy (non-hydrogen) atoms. The summed E-state index contributed by atoms with van der Waals surface area (Å²) < 4.78 is 7.98. The monoisotopic (exact) mass is 374 g/mol. The van der Waals surface area contributed by atoms with Crippen LogP contribution in [-0.2, 0) is 30.0 Å². The molecule has 1 saturated heterocycles. The van der Waals surface area contributed by atoms with Crippen LogP contribution in [0.3, 0.4) is 0 Å². The van der Waals surface area contributed by atoms with Crippen molar-refractivity contribution in [3.8, 4) is 0 Å². The van der Waals surface area contributed by atoms with Crippen LogP contribution in [0.5, 0.6) is 0 Å². The Hall–Kier alpha value is -2.48. The Morgan fingerprint density at radius 1 is 1.26 bits per heavy atom.